The number of aromatic nitrogens is 4. The van der Waals surface area contributed by atoms with Crippen molar-refractivity contribution in [2.24, 2.45) is 23.7 Å². The molecule has 0 N–H and O–H groups in total. The van der Waals surface area contributed by atoms with Crippen LogP contribution >= 0.6 is 0 Å². The van der Waals surface area contributed by atoms with Crippen molar-refractivity contribution in [3.05, 3.63) is 157 Å². The molecule has 5 aliphatic rings. The summed E-state index contributed by atoms with van der Waals surface area (Å²) in [6, 6.07) is 52.6. The first-order valence-corrected chi connectivity index (χ1v) is 19.4. The van der Waals surface area contributed by atoms with E-state index in [1.165, 1.54) is 54.2 Å². The summed E-state index contributed by atoms with van der Waals surface area (Å²) >= 11 is 0. The van der Waals surface area contributed by atoms with Gasteiger partial charge >= 0.3 is 0 Å². The Labute approximate surface area is 309 Å². The van der Waals surface area contributed by atoms with Gasteiger partial charge in [0.15, 0.2) is 17.5 Å². The highest BCUT2D eigenvalue weighted by Gasteiger charge is 2.61. The first kappa shape index (κ1) is 29.7. The minimum absolute atomic E-state index is 0.0817. The highest BCUT2D eigenvalue weighted by molar-refractivity contribution is 6.15. The van der Waals surface area contributed by atoms with Gasteiger partial charge in [0.05, 0.1) is 11.0 Å². The Morgan fingerprint density at radius 2 is 1.02 bits per heavy atom. The molecule has 4 fully saturated rings. The minimum atomic E-state index is 0.0817. The maximum atomic E-state index is 5.48. The monoisotopic (exact) mass is 682 g/mol. The van der Waals surface area contributed by atoms with Crippen LogP contribution in [0.1, 0.15) is 43.2 Å². The van der Waals surface area contributed by atoms with Crippen LogP contribution in [-0.2, 0) is 5.41 Å². The van der Waals surface area contributed by atoms with Crippen molar-refractivity contribution in [3.63, 3.8) is 0 Å². The summed E-state index contributed by atoms with van der Waals surface area (Å²) in [7, 11) is 0. The van der Waals surface area contributed by atoms with Gasteiger partial charge in [-0.25, -0.2) is 15.0 Å². The van der Waals surface area contributed by atoms with Crippen LogP contribution in [0.25, 0.3) is 72.8 Å². The fraction of sp³-hybridized carbons (Fsp3) is 0.204. The summed E-state index contributed by atoms with van der Waals surface area (Å²) in [5, 5.41) is 2.34. The highest BCUT2D eigenvalue weighted by Crippen LogP contribution is 2.70. The molecular weight excluding hydrogens is 645 g/mol. The fourth-order valence-corrected chi connectivity index (χ4v) is 11.8. The number of hydrogen-bond donors (Lipinski definition) is 0. The van der Waals surface area contributed by atoms with Gasteiger partial charge in [-0.3, -0.25) is 0 Å². The zero-order valence-corrected chi connectivity index (χ0v) is 29.5. The molecule has 0 atom stereocenters. The lowest BCUT2D eigenvalue weighted by molar-refractivity contribution is -0.0399. The van der Waals surface area contributed by atoms with Gasteiger partial charge in [-0.1, -0.05) is 121 Å². The average Bonchev–Trinajstić information content (AvgIpc) is 3.71. The number of hydrogen-bond acceptors (Lipinski definition) is 3. The number of fused-ring (bicyclic) bond motifs is 6. The molecule has 4 heteroatoms. The summed E-state index contributed by atoms with van der Waals surface area (Å²) in [6.07, 6.45) is 6.89. The Kier molecular flexibility index (Phi) is 6.20. The zero-order chi connectivity index (χ0) is 34.7. The van der Waals surface area contributed by atoms with Crippen molar-refractivity contribution >= 4 is 21.8 Å². The summed E-state index contributed by atoms with van der Waals surface area (Å²) in [4.78, 5) is 16.1. The van der Waals surface area contributed by atoms with E-state index in [1.807, 2.05) is 0 Å². The maximum absolute atomic E-state index is 5.48. The highest BCUT2D eigenvalue weighted by atomic mass is 15.0. The molecule has 0 aliphatic heterocycles. The zero-order valence-electron chi connectivity index (χ0n) is 29.5. The van der Waals surface area contributed by atoms with Gasteiger partial charge in [0.2, 0.25) is 0 Å². The molecule has 0 radical (unpaired) electrons. The summed E-state index contributed by atoms with van der Waals surface area (Å²) in [6.45, 7) is 0. The van der Waals surface area contributed by atoms with Crippen LogP contribution in [0.4, 0.5) is 0 Å². The summed E-state index contributed by atoms with van der Waals surface area (Å²) < 4.78 is 2.36. The van der Waals surface area contributed by atoms with E-state index in [4.69, 9.17) is 15.0 Å². The van der Waals surface area contributed by atoms with Crippen molar-refractivity contribution < 1.29 is 0 Å². The van der Waals surface area contributed by atoms with Crippen LogP contribution in [0, 0.1) is 23.7 Å². The van der Waals surface area contributed by atoms with E-state index >= 15 is 0 Å². The third-order valence-electron chi connectivity index (χ3n) is 13.4. The quantitative estimate of drug-likeness (QED) is 0.186. The van der Waals surface area contributed by atoms with Gasteiger partial charge in [-0.15, -0.1) is 0 Å². The molecule has 4 nitrogen and oxygen atoms in total. The Bertz CT molecular complexity index is 2720. The average molecular weight is 683 g/mol. The maximum Gasteiger partial charge on any atom is 0.164 e. The summed E-state index contributed by atoms with van der Waals surface area (Å²) in [5.41, 5.74) is 12.4. The number of para-hydroxylation sites is 2. The van der Waals surface area contributed by atoms with Crippen LogP contribution in [0.5, 0.6) is 0 Å². The normalized spacial score (nSPS) is 23.5. The van der Waals surface area contributed by atoms with Gasteiger partial charge in [0.25, 0.3) is 0 Å². The van der Waals surface area contributed by atoms with E-state index in [-0.39, 0.29) is 5.41 Å². The largest absolute Gasteiger partial charge is 0.309 e. The van der Waals surface area contributed by atoms with Gasteiger partial charge in [-0.2, -0.15) is 0 Å². The lowest BCUT2D eigenvalue weighted by Crippen LogP contribution is -2.55. The van der Waals surface area contributed by atoms with E-state index in [0.29, 0.717) is 23.5 Å². The van der Waals surface area contributed by atoms with E-state index in [0.717, 1.165) is 56.5 Å². The Morgan fingerprint density at radius 3 is 1.81 bits per heavy atom. The molecule has 1 spiro atoms. The molecule has 6 aromatic carbocycles. The van der Waals surface area contributed by atoms with E-state index in [2.05, 4.69) is 150 Å². The van der Waals surface area contributed by atoms with Gasteiger partial charge < -0.3 is 4.57 Å². The van der Waals surface area contributed by atoms with Crippen molar-refractivity contribution in [1.82, 2.24) is 19.5 Å². The molecule has 5 aliphatic carbocycles. The molecule has 4 bridgehead atoms. The number of benzene rings is 6. The minimum Gasteiger partial charge on any atom is -0.309 e. The molecule has 4 saturated carbocycles. The van der Waals surface area contributed by atoms with Crippen molar-refractivity contribution in [2.75, 3.05) is 0 Å². The molecule has 8 aromatic rings. The standard InChI is InChI=1S/C49H38N4/c1-3-13-32(14-4-1)46-50-47(52-48(51-46)39-20-12-24-43-45(39)37-18-8-10-23-42(37)53(43)35-15-5-2-6-16-35)38-19-11-22-41-44(38)36-17-7-9-21-40(36)49(41)33-26-30-25-31(28-33)29-34(49)27-30/h1-24,30-31,33-34H,25-29H2. The van der Waals surface area contributed by atoms with Gasteiger partial charge in [-0.05, 0) is 102 Å². The third-order valence-corrected chi connectivity index (χ3v) is 13.4. The second kappa shape index (κ2) is 11.1. The van der Waals surface area contributed by atoms with Crippen LogP contribution in [0.2, 0.25) is 0 Å². The molecule has 53 heavy (non-hydrogen) atoms. The molecule has 13 rings (SSSR count). The first-order valence-electron chi connectivity index (χ1n) is 19.4. The Balaban J connectivity index is 1.12. The lowest BCUT2D eigenvalue weighted by atomic mass is 9.43. The molecule has 0 unspecified atom stereocenters. The topological polar surface area (TPSA) is 43.6 Å². The molecule has 0 saturated heterocycles. The van der Waals surface area contributed by atoms with E-state index in [1.54, 1.807) is 5.56 Å². The van der Waals surface area contributed by atoms with Crippen LogP contribution in [-0.4, -0.2) is 19.5 Å². The molecule has 2 heterocycles. The van der Waals surface area contributed by atoms with Gasteiger partial charge in [0.1, 0.15) is 0 Å². The summed E-state index contributed by atoms with van der Waals surface area (Å²) in [5.74, 6) is 5.33. The van der Waals surface area contributed by atoms with E-state index in [9.17, 15) is 0 Å². The van der Waals surface area contributed by atoms with Crippen molar-refractivity contribution in [3.8, 4) is 51.0 Å². The second-order valence-electron chi connectivity index (χ2n) is 16.0. The van der Waals surface area contributed by atoms with Crippen LogP contribution < -0.4 is 0 Å². The number of rotatable bonds is 4. The molecular formula is C49H38N4. The van der Waals surface area contributed by atoms with Gasteiger partial charge in [0, 0.05) is 38.6 Å². The second-order valence-corrected chi connectivity index (χ2v) is 16.0. The molecule has 2 aromatic heterocycles. The van der Waals surface area contributed by atoms with Crippen molar-refractivity contribution in [2.45, 2.75) is 37.5 Å². The molecule has 0 amide bonds. The Hall–Kier alpha value is -5.87. The predicted octanol–water partition coefficient (Wildman–Crippen LogP) is 11.7. The first-order chi connectivity index (χ1) is 26.3. The third kappa shape index (κ3) is 4.09. The van der Waals surface area contributed by atoms with Crippen molar-refractivity contribution in [1.29, 1.82) is 0 Å². The molecule has 254 valence electrons. The predicted molar refractivity (Wildman–Crippen MR) is 214 cm³/mol. The van der Waals surface area contributed by atoms with Crippen LogP contribution in [0.15, 0.2) is 146 Å². The number of nitrogens with zero attached hydrogens (tertiary/aromatic N) is 4. The fourth-order valence-electron chi connectivity index (χ4n) is 11.8. The van der Waals surface area contributed by atoms with Crippen LogP contribution in [0.3, 0.4) is 0 Å². The lowest BCUT2D eigenvalue weighted by Gasteiger charge is -2.61. The SMILES string of the molecule is c1ccc(-c2nc(-c3cccc4c3-c3ccccc3C43C4CC5CC(C4)CC3C5)nc(-c3cccc4c3c3ccccc3n4-c3ccccc3)n2)cc1. The smallest absolute Gasteiger partial charge is 0.164 e. The van der Waals surface area contributed by atoms with E-state index < -0.39 is 0 Å². The Morgan fingerprint density at radius 1 is 0.453 bits per heavy atom.